The van der Waals surface area contributed by atoms with Gasteiger partial charge >= 0.3 is 0 Å². The molecule has 10 heteroatoms. The zero-order valence-electron chi connectivity index (χ0n) is 23.1. The van der Waals surface area contributed by atoms with Gasteiger partial charge in [0, 0.05) is 37.7 Å². The summed E-state index contributed by atoms with van der Waals surface area (Å²) in [5.74, 6) is -0.796. The second-order valence-electron chi connectivity index (χ2n) is 10.3. The van der Waals surface area contributed by atoms with E-state index in [9.17, 15) is 18.0 Å². The van der Waals surface area contributed by atoms with Crippen LogP contribution in [-0.2, 0) is 43.9 Å². The standard InChI is InChI=1S/C31H36ClN3O5S/c1-41(38,39)34(21-25-11-6-3-7-12-25)23-30(36)35(22-26-14-16-27(32)17-15-26)29(19-24-9-4-2-5-10-24)31(37)33-20-28-13-8-18-40-28/h2-7,9-12,14-17,28-29H,8,13,18-23H2,1H3,(H,33,37)/t28-,29+/m0/s1. The minimum absolute atomic E-state index is 0.0365. The van der Waals surface area contributed by atoms with Crippen LogP contribution in [0, 0.1) is 0 Å². The molecule has 4 rings (SSSR count). The van der Waals surface area contributed by atoms with E-state index < -0.39 is 28.5 Å². The highest BCUT2D eigenvalue weighted by Gasteiger charge is 2.33. The normalized spacial score (nSPS) is 15.9. The number of hydrogen-bond acceptors (Lipinski definition) is 5. The first kappa shape index (κ1) is 30.7. The van der Waals surface area contributed by atoms with Crippen molar-refractivity contribution in [3.05, 3.63) is 107 Å². The maximum Gasteiger partial charge on any atom is 0.243 e. The number of halogens is 1. The van der Waals surface area contributed by atoms with Gasteiger partial charge in [-0.2, -0.15) is 4.31 Å². The lowest BCUT2D eigenvalue weighted by Crippen LogP contribution is -2.53. The molecule has 8 nitrogen and oxygen atoms in total. The minimum atomic E-state index is -3.74. The molecule has 0 radical (unpaired) electrons. The lowest BCUT2D eigenvalue weighted by Gasteiger charge is -2.33. The highest BCUT2D eigenvalue weighted by Crippen LogP contribution is 2.19. The molecule has 1 fully saturated rings. The van der Waals surface area contributed by atoms with Crippen molar-refractivity contribution in [3.63, 3.8) is 0 Å². The maximum absolute atomic E-state index is 14.0. The van der Waals surface area contributed by atoms with E-state index in [-0.39, 0.29) is 31.5 Å². The summed E-state index contributed by atoms with van der Waals surface area (Å²) < 4.78 is 32.4. The topological polar surface area (TPSA) is 96.0 Å². The first-order valence-electron chi connectivity index (χ1n) is 13.7. The van der Waals surface area contributed by atoms with E-state index in [0.717, 1.165) is 40.1 Å². The second kappa shape index (κ2) is 14.6. The Morgan fingerprint density at radius 1 is 0.927 bits per heavy atom. The third-order valence-corrected chi connectivity index (χ3v) is 8.50. The summed E-state index contributed by atoms with van der Waals surface area (Å²) in [5.41, 5.74) is 2.40. The summed E-state index contributed by atoms with van der Waals surface area (Å²) in [6.07, 6.45) is 3.08. The molecule has 1 aliphatic rings. The number of benzene rings is 3. The molecule has 3 aromatic rings. The van der Waals surface area contributed by atoms with E-state index in [1.807, 2.05) is 60.7 Å². The van der Waals surface area contributed by atoms with Gasteiger partial charge in [-0.25, -0.2) is 8.42 Å². The maximum atomic E-state index is 14.0. The highest BCUT2D eigenvalue weighted by atomic mass is 35.5. The van der Waals surface area contributed by atoms with Gasteiger partial charge < -0.3 is 15.0 Å². The third-order valence-electron chi connectivity index (χ3n) is 7.05. The van der Waals surface area contributed by atoms with Crippen LogP contribution in [0.2, 0.25) is 5.02 Å². The first-order valence-corrected chi connectivity index (χ1v) is 15.9. The fourth-order valence-corrected chi connectivity index (χ4v) is 5.65. The summed E-state index contributed by atoms with van der Waals surface area (Å²) in [5, 5.41) is 3.54. The van der Waals surface area contributed by atoms with Gasteiger partial charge in [0.25, 0.3) is 0 Å². The van der Waals surface area contributed by atoms with E-state index in [0.29, 0.717) is 18.2 Å². The van der Waals surface area contributed by atoms with E-state index >= 15 is 0 Å². The van der Waals surface area contributed by atoms with Crippen LogP contribution in [-0.4, -0.2) is 67.5 Å². The van der Waals surface area contributed by atoms with Crippen LogP contribution in [0.5, 0.6) is 0 Å². The Morgan fingerprint density at radius 3 is 2.12 bits per heavy atom. The number of rotatable bonds is 13. The number of sulfonamides is 1. The predicted octanol–water partition coefficient (Wildman–Crippen LogP) is 4.04. The SMILES string of the molecule is CS(=O)(=O)N(CC(=O)N(Cc1ccc(Cl)cc1)[C@H](Cc1ccccc1)C(=O)NC[C@@H]1CCCO1)Cc1ccccc1. The fraction of sp³-hybridized carbons (Fsp3) is 0.355. The molecule has 0 bridgehead atoms. The molecular formula is C31H36ClN3O5S. The molecule has 1 N–H and O–H groups in total. The number of amides is 2. The number of hydrogen-bond donors (Lipinski definition) is 1. The zero-order chi connectivity index (χ0) is 29.2. The lowest BCUT2D eigenvalue weighted by molar-refractivity contribution is -0.141. The first-order chi connectivity index (χ1) is 19.7. The summed E-state index contributed by atoms with van der Waals surface area (Å²) >= 11 is 6.10. The highest BCUT2D eigenvalue weighted by molar-refractivity contribution is 7.88. The van der Waals surface area contributed by atoms with Crippen LogP contribution >= 0.6 is 11.6 Å². The molecule has 0 saturated carbocycles. The molecule has 1 heterocycles. The van der Waals surface area contributed by atoms with Crippen LogP contribution in [0.25, 0.3) is 0 Å². The number of nitrogens with one attached hydrogen (secondary N) is 1. The quantitative estimate of drug-likeness (QED) is 0.321. The Hall–Kier alpha value is -3.24. The van der Waals surface area contributed by atoms with Crippen molar-refractivity contribution in [1.29, 1.82) is 0 Å². The van der Waals surface area contributed by atoms with Crippen LogP contribution in [0.15, 0.2) is 84.9 Å². The molecule has 218 valence electrons. The monoisotopic (exact) mass is 597 g/mol. The molecule has 0 aromatic heterocycles. The number of carbonyl (C=O) groups excluding carboxylic acids is 2. The van der Waals surface area contributed by atoms with Crippen LogP contribution < -0.4 is 5.32 Å². The Morgan fingerprint density at radius 2 is 1.54 bits per heavy atom. The van der Waals surface area contributed by atoms with Gasteiger partial charge in [0.2, 0.25) is 21.8 Å². The molecular weight excluding hydrogens is 562 g/mol. The number of carbonyl (C=O) groups is 2. The average molecular weight is 598 g/mol. The lowest BCUT2D eigenvalue weighted by atomic mass is 10.0. The summed E-state index contributed by atoms with van der Waals surface area (Å²) in [4.78, 5) is 29.3. The molecule has 2 atom stereocenters. The smallest absolute Gasteiger partial charge is 0.243 e. The Balaban J connectivity index is 1.65. The Labute approximate surface area is 247 Å². The molecule has 2 amide bonds. The van der Waals surface area contributed by atoms with E-state index in [1.54, 1.807) is 24.3 Å². The second-order valence-corrected chi connectivity index (χ2v) is 12.7. The van der Waals surface area contributed by atoms with E-state index in [2.05, 4.69) is 5.32 Å². The number of ether oxygens (including phenoxy) is 1. The van der Waals surface area contributed by atoms with Gasteiger partial charge in [-0.15, -0.1) is 0 Å². The fourth-order valence-electron chi connectivity index (χ4n) is 4.80. The average Bonchev–Trinajstić information content (AvgIpc) is 3.49. The summed E-state index contributed by atoms with van der Waals surface area (Å²) in [7, 11) is -3.74. The largest absolute Gasteiger partial charge is 0.376 e. The van der Waals surface area contributed by atoms with E-state index in [4.69, 9.17) is 16.3 Å². The summed E-state index contributed by atoms with van der Waals surface area (Å²) in [6, 6.07) is 24.7. The van der Waals surface area contributed by atoms with Gasteiger partial charge in [-0.05, 0) is 41.7 Å². The van der Waals surface area contributed by atoms with Gasteiger partial charge in [0.1, 0.15) is 6.04 Å². The summed E-state index contributed by atoms with van der Waals surface area (Å²) in [6.45, 7) is 0.735. The van der Waals surface area contributed by atoms with Gasteiger partial charge in [0.15, 0.2) is 0 Å². The Bertz CT molecular complexity index is 1380. The van der Waals surface area contributed by atoms with Gasteiger partial charge in [-0.1, -0.05) is 84.4 Å². The Kier molecular flexibility index (Phi) is 10.9. The molecule has 1 saturated heterocycles. The van der Waals surface area contributed by atoms with Crippen molar-refractivity contribution >= 4 is 33.4 Å². The molecule has 3 aromatic carbocycles. The number of nitrogens with zero attached hydrogens (tertiary/aromatic N) is 2. The van der Waals surface area contributed by atoms with Gasteiger partial charge in [-0.3, -0.25) is 9.59 Å². The molecule has 0 spiro atoms. The third kappa shape index (κ3) is 9.39. The van der Waals surface area contributed by atoms with Crippen molar-refractivity contribution in [2.45, 2.75) is 44.5 Å². The van der Waals surface area contributed by atoms with Crippen molar-refractivity contribution < 1.29 is 22.7 Å². The van der Waals surface area contributed by atoms with Crippen molar-refractivity contribution in [2.75, 3.05) is 26.0 Å². The predicted molar refractivity (Wildman–Crippen MR) is 160 cm³/mol. The van der Waals surface area contributed by atoms with Crippen LogP contribution in [0.4, 0.5) is 0 Å². The van der Waals surface area contributed by atoms with Crippen molar-refractivity contribution in [1.82, 2.24) is 14.5 Å². The molecule has 0 aliphatic carbocycles. The minimum Gasteiger partial charge on any atom is -0.376 e. The van der Waals surface area contributed by atoms with Crippen LogP contribution in [0.1, 0.15) is 29.5 Å². The zero-order valence-corrected chi connectivity index (χ0v) is 24.7. The van der Waals surface area contributed by atoms with E-state index in [1.165, 1.54) is 4.90 Å². The van der Waals surface area contributed by atoms with Crippen molar-refractivity contribution in [2.24, 2.45) is 0 Å². The van der Waals surface area contributed by atoms with Crippen molar-refractivity contribution in [3.8, 4) is 0 Å². The molecule has 41 heavy (non-hydrogen) atoms. The van der Waals surface area contributed by atoms with Crippen LogP contribution in [0.3, 0.4) is 0 Å². The van der Waals surface area contributed by atoms with Gasteiger partial charge in [0.05, 0.1) is 18.9 Å². The molecule has 0 unspecified atom stereocenters. The molecule has 1 aliphatic heterocycles.